The highest BCUT2D eigenvalue weighted by atomic mass is 31.2. The van der Waals surface area contributed by atoms with E-state index >= 15 is 0 Å². The van der Waals surface area contributed by atoms with Gasteiger partial charge in [0.1, 0.15) is 12.2 Å². The maximum atomic E-state index is 14.2. The number of carbonyl (C=O) groups is 4. The Hall–Kier alpha value is -3.57. The molecule has 0 aliphatic rings. The van der Waals surface area contributed by atoms with Gasteiger partial charge >= 0.3 is 25.5 Å². The molecule has 0 bridgehead atoms. The van der Waals surface area contributed by atoms with E-state index < -0.39 is 66.8 Å². The summed E-state index contributed by atoms with van der Waals surface area (Å²) in [5, 5.41) is 3.17. The summed E-state index contributed by atoms with van der Waals surface area (Å²) in [6.07, 6.45) is 5.41. The number of carbonyl (C=O) groups excluding carboxylic acids is 4. The molecule has 2 aromatic rings. The fraction of sp³-hybridized carbons (Fsp3) is 0.628. The van der Waals surface area contributed by atoms with Gasteiger partial charge in [0.15, 0.2) is 5.28 Å². The number of hydrogen-bond donors (Lipinski definition) is 4. The van der Waals surface area contributed by atoms with Gasteiger partial charge < -0.3 is 29.3 Å². The van der Waals surface area contributed by atoms with Crippen molar-refractivity contribution in [2.24, 2.45) is 11.8 Å². The molecule has 0 spiro atoms. The maximum absolute atomic E-state index is 14.2. The Morgan fingerprint density at radius 2 is 1.20 bits per heavy atom. The zero-order valence-corrected chi connectivity index (χ0v) is 35.5. The predicted molar refractivity (Wildman–Crippen MR) is 218 cm³/mol. The van der Waals surface area contributed by atoms with Gasteiger partial charge in [-0.15, -0.1) is 0 Å². The molecule has 3 atom stereocenters. The summed E-state index contributed by atoms with van der Waals surface area (Å²) in [6.45, 7) is 12.0. The highest BCUT2D eigenvalue weighted by molar-refractivity contribution is 7.53. The lowest BCUT2D eigenvalue weighted by Gasteiger charge is -2.49. The van der Waals surface area contributed by atoms with Crippen LogP contribution >= 0.6 is 7.60 Å². The zero-order valence-electron chi connectivity index (χ0n) is 34.6. The minimum absolute atomic E-state index is 0.0649. The van der Waals surface area contributed by atoms with E-state index in [1.54, 1.807) is 41.5 Å². The van der Waals surface area contributed by atoms with Crippen LogP contribution in [0, 0.1) is 11.8 Å². The minimum Gasteiger partial charge on any atom is -0.466 e. The molecule has 1 amide bonds. The molecule has 0 fully saturated rings. The molecule has 0 saturated carbocycles. The molecule has 0 aliphatic carbocycles. The lowest BCUT2D eigenvalue weighted by atomic mass is 9.87. The maximum Gasteiger partial charge on any atom is 0.353 e. The van der Waals surface area contributed by atoms with Crippen molar-refractivity contribution in [3.8, 4) is 11.1 Å². The average Bonchev–Trinajstić information content (AvgIpc) is 3.16. The van der Waals surface area contributed by atoms with Gasteiger partial charge in [0.25, 0.3) is 0 Å². The molecule has 0 saturated heterocycles. The van der Waals surface area contributed by atoms with Crippen LogP contribution in [-0.2, 0) is 44.4 Å². The van der Waals surface area contributed by atoms with Crippen molar-refractivity contribution in [1.82, 2.24) is 10.6 Å². The molecule has 3 unspecified atom stereocenters. The Balaban J connectivity index is 2.47. The Morgan fingerprint density at radius 3 is 1.68 bits per heavy atom. The van der Waals surface area contributed by atoms with Crippen LogP contribution in [0.2, 0.25) is 0 Å². The van der Waals surface area contributed by atoms with Crippen molar-refractivity contribution in [3.63, 3.8) is 0 Å². The molecule has 0 aromatic heterocycles. The highest BCUT2D eigenvalue weighted by Crippen LogP contribution is 2.57. The van der Waals surface area contributed by atoms with Gasteiger partial charge in [0.2, 0.25) is 5.91 Å². The first-order chi connectivity index (χ1) is 26.6. The van der Waals surface area contributed by atoms with E-state index in [0.717, 1.165) is 36.8 Å². The summed E-state index contributed by atoms with van der Waals surface area (Å²) >= 11 is 0. The van der Waals surface area contributed by atoms with Gasteiger partial charge in [-0.3, -0.25) is 29.1 Å². The Kier molecular flexibility index (Phi) is 21.6. The van der Waals surface area contributed by atoms with E-state index in [4.69, 9.17) is 14.2 Å². The molecular weight excluding hydrogens is 735 g/mol. The standard InChI is InChI=1S/C43H67N2O10P/c1-8-11-12-13-14-15-16-20-29-53-39(48)27-28-44-42(49)36(30-33-23-25-35(26-24-33)34-21-18-17-19-22-34)45-43(56(50,51)52,40(31(4)5)54-37(46)9-2)41(32(6)7)55-38(47)10-3/h17-19,21-26,31-32,36,40-41,45H,8-16,20,27-30H2,1-7H3,(H,44,49)(H2,50,51,52). The first-order valence-corrected chi connectivity index (χ1v) is 22.0. The van der Waals surface area contributed by atoms with Crippen molar-refractivity contribution in [2.75, 3.05) is 13.2 Å². The van der Waals surface area contributed by atoms with Gasteiger partial charge in [0, 0.05) is 19.4 Å². The predicted octanol–water partition coefficient (Wildman–Crippen LogP) is 7.87. The second-order valence-corrected chi connectivity index (χ2v) is 16.9. The van der Waals surface area contributed by atoms with Crippen molar-refractivity contribution in [1.29, 1.82) is 0 Å². The Bertz CT molecular complexity index is 1500. The van der Waals surface area contributed by atoms with E-state index in [2.05, 4.69) is 17.6 Å². The average molecular weight is 803 g/mol. The number of benzene rings is 2. The number of amides is 1. The lowest BCUT2D eigenvalue weighted by molar-refractivity contribution is -0.169. The smallest absolute Gasteiger partial charge is 0.353 e. The Labute approximate surface area is 334 Å². The molecule has 2 aromatic carbocycles. The number of nitrogens with one attached hydrogen (secondary N) is 2. The van der Waals surface area contributed by atoms with Gasteiger partial charge in [-0.25, -0.2) is 0 Å². The van der Waals surface area contributed by atoms with Crippen molar-refractivity contribution in [2.45, 2.75) is 149 Å². The van der Waals surface area contributed by atoms with E-state index in [0.29, 0.717) is 5.56 Å². The van der Waals surface area contributed by atoms with Crippen molar-refractivity contribution >= 4 is 31.4 Å². The number of ether oxygens (including phenoxy) is 3. The number of hydrogen-bond acceptors (Lipinski definition) is 9. The largest absolute Gasteiger partial charge is 0.466 e. The van der Waals surface area contributed by atoms with Crippen molar-refractivity contribution < 1.29 is 47.7 Å². The van der Waals surface area contributed by atoms with Crippen LogP contribution in [-0.4, -0.2) is 70.3 Å². The lowest BCUT2D eigenvalue weighted by Crippen LogP contribution is -2.70. The van der Waals surface area contributed by atoms with Gasteiger partial charge in [-0.1, -0.05) is 148 Å². The summed E-state index contributed by atoms with van der Waals surface area (Å²) < 4.78 is 31.1. The molecule has 4 N–H and O–H groups in total. The number of unbranched alkanes of at least 4 members (excludes halogenated alkanes) is 7. The molecule has 0 aliphatic heterocycles. The van der Waals surface area contributed by atoms with Crippen LogP contribution in [0.1, 0.15) is 125 Å². The molecule has 13 heteroatoms. The topological polar surface area (TPSA) is 178 Å². The van der Waals surface area contributed by atoms with Crippen LogP contribution in [0.5, 0.6) is 0 Å². The summed E-state index contributed by atoms with van der Waals surface area (Å²) in [6, 6.07) is 15.8. The SMILES string of the molecule is CCCCCCCCCCOC(=O)CCNC(=O)C(Cc1ccc(-c2ccccc2)cc1)NC(C(OC(=O)CC)C(C)C)(C(OC(=O)CC)C(C)C)P(=O)(O)O. The molecule has 0 radical (unpaired) electrons. The van der Waals surface area contributed by atoms with Crippen LogP contribution in [0.4, 0.5) is 0 Å². The molecule has 12 nitrogen and oxygen atoms in total. The fourth-order valence-electron chi connectivity index (χ4n) is 6.75. The van der Waals surface area contributed by atoms with Crippen LogP contribution < -0.4 is 10.6 Å². The fourth-order valence-corrected chi connectivity index (χ4v) is 8.44. The van der Waals surface area contributed by atoms with Gasteiger partial charge in [0.05, 0.1) is 19.1 Å². The normalized spacial score (nSPS) is 14.4. The third-order valence-corrected chi connectivity index (χ3v) is 11.4. The quantitative estimate of drug-likeness (QED) is 0.0299. The Morgan fingerprint density at radius 1 is 0.696 bits per heavy atom. The monoisotopic (exact) mass is 802 g/mol. The van der Waals surface area contributed by atoms with Crippen LogP contribution in [0.25, 0.3) is 11.1 Å². The van der Waals surface area contributed by atoms with E-state index in [-0.39, 0.29) is 38.8 Å². The van der Waals surface area contributed by atoms with E-state index in [1.807, 2.05) is 54.6 Å². The third-order valence-electron chi connectivity index (χ3n) is 9.77. The minimum atomic E-state index is -5.50. The first kappa shape index (κ1) is 48.6. The van der Waals surface area contributed by atoms with E-state index in [1.165, 1.54) is 25.7 Å². The molecule has 0 heterocycles. The summed E-state index contributed by atoms with van der Waals surface area (Å²) in [5.41, 5.74) is 2.56. The number of esters is 3. The van der Waals surface area contributed by atoms with E-state index in [9.17, 15) is 33.5 Å². The molecule has 2 rings (SSSR count). The first-order valence-electron chi connectivity index (χ1n) is 20.4. The highest BCUT2D eigenvalue weighted by Gasteiger charge is 2.64. The summed E-state index contributed by atoms with van der Waals surface area (Å²) in [7, 11) is -5.50. The second kappa shape index (κ2) is 24.9. The second-order valence-electron chi connectivity index (χ2n) is 15.1. The zero-order chi connectivity index (χ0) is 41.7. The molecule has 314 valence electrons. The van der Waals surface area contributed by atoms with Gasteiger partial charge in [-0.05, 0) is 41.4 Å². The number of rotatable bonds is 27. The molecular formula is C43H67N2O10P. The summed E-state index contributed by atoms with van der Waals surface area (Å²) in [4.78, 5) is 75.4. The van der Waals surface area contributed by atoms with Crippen LogP contribution in [0.3, 0.4) is 0 Å². The van der Waals surface area contributed by atoms with Crippen LogP contribution in [0.15, 0.2) is 54.6 Å². The molecule has 56 heavy (non-hydrogen) atoms. The van der Waals surface area contributed by atoms with Crippen molar-refractivity contribution in [3.05, 3.63) is 60.2 Å². The summed E-state index contributed by atoms with van der Waals surface area (Å²) in [5.74, 6) is -4.02. The van der Waals surface area contributed by atoms with Gasteiger partial charge in [-0.2, -0.15) is 0 Å². The third kappa shape index (κ3) is 15.4.